The fourth-order valence-corrected chi connectivity index (χ4v) is 3.30. The maximum atomic E-state index is 6.05. The fraction of sp³-hybridized carbons (Fsp3) is 0.600. The number of hydrogen-bond donors (Lipinski definition) is 1. The molecular formula is C15H23BrN2. The Balaban J connectivity index is 2.15. The van der Waals surface area contributed by atoms with Gasteiger partial charge in [0.25, 0.3) is 0 Å². The van der Waals surface area contributed by atoms with Crippen molar-refractivity contribution in [1.82, 2.24) is 4.90 Å². The van der Waals surface area contributed by atoms with Crippen LogP contribution in [0.25, 0.3) is 0 Å². The number of nitrogens with zero attached hydrogens (tertiary/aromatic N) is 1. The van der Waals surface area contributed by atoms with Gasteiger partial charge >= 0.3 is 0 Å². The van der Waals surface area contributed by atoms with E-state index in [0.717, 1.165) is 30.3 Å². The highest BCUT2D eigenvalue weighted by atomic mass is 79.9. The van der Waals surface area contributed by atoms with E-state index in [1.54, 1.807) is 0 Å². The topological polar surface area (TPSA) is 29.3 Å². The third kappa shape index (κ3) is 3.14. The lowest BCUT2D eigenvalue weighted by atomic mass is 9.93. The predicted octanol–water partition coefficient (Wildman–Crippen LogP) is 3.71. The molecule has 1 saturated heterocycles. The molecule has 0 aromatic heterocycles. The van der Waals surface area contributed by atoms with E-state index in [2.05, 4.69) is 58.9 Å². The van der Waals surface area contributed by atoms with E-state index in [9.17, 15) is 0 Å². The molecule has 3 heteroatoms. The standard InChI is InChI=1S/C15H23BrN2/c1-3-15(12-4-6-13(16)7-5-12)18-9-8-14(17)10-11(18)2/h4-7,11,14-15H,3,8-10,17H2,1-2H3. The lowest BCUT2D eigenvalue weighted by Crippen LogP contribution is -2.46. The highest BCUT2D eigenvalue weighted by Gasteiger charge is 2.28. The van der Waals surface area contributed by atoms with Crippen LogP contribution in [0.1, 0.15) is 44.7 Å². The van der Waals surface area contributed by atoms with Crippen LogP contribution in [-0.4, -0.2) is 23.5 Å². The number of likely N-dealkylation sites (tertiary alicyclic amines) is 1. The predicted molar refractivity (Wildman–Crippen MR) is 80.6 cm³/mol. The molecule has 1 heterocycles. The number of piperidine rings is 1. The van der Waals surface area contributed by atoms with Crippen molar-refractivity contribution >= 4 is 15.9 Å². The molecule has 1 aliphatic rings. The van der Waals surface area contributed by atoms with E-state index in [0.29, 0.717) is 18.1 Å². The first-order valence-corrected chi connectivity index (χ1v) is 7.68. The minimum Gasteiger partial charge on any atom is -0.328 e. The van der Waals surface area contributed by atoms with Crippen molar-refractivity contribution in [1.29, 1.82) is 0 Å². The van der Waals surface area contributed by atoms with Gasteiger partial charge in [-0.1, -0.05) is 35.0 Å². The minimum absolute atomic E-state index is 0.388. The molecule has 18 heavy (non-hydrogen) atoms. The second-order valence-corrected chi connectivity index (χ2v) is 6.26. The molecule has 0 aliphatic carbocycles. The molecule has 1 fully saturated rings. The average molecular weight is 311 g/mol. The summed E-state index contributed by atoms with van der Waals surface area (Å²) in [5.41, 5.74) is 7.47. The molecule has 3 atom stereocenters. The molecular weight excluding hydrogens is 288 g/mol. The largest absolute Gasteiger partial charge is 0.328 e. The van der Waals surface area contributed by atoms with Crippen molar-refractivity contribution in [3.05, 3.63) is 34.3 Å². The van der Waals surface area contributed by atoms with Gasteiger partial charge in [-0.3, -0.25) is 4.90 Å². The Hall–Kier alpha value is -0.380. The Morgan fingerprint density at radius 3 is 2.61 bits per heavy atom. The van der Waals surface area contributed by atoms with Crippen molar-refractivity contribution in [2.24, 2.45) is 5.73 Å². The maximum Gasteiger partial charge on any atom is 0.0348 e. The number of nitrogens with two attached hydrogens (primary N) is 1. The van der Waals surface area contributed by atoms with Crippen LogP contribution in [0.2, 0.25) is 0 Å². The molecule has 2 rings (SSSR count). The van der Waals surface area contributed by atoms with E-state index in [1.807, 2.05) is 0 Å². The average Bonchev–Trinajstić information content (AvgIpc) is 2.35. The molecule has 100 valence electrons. The van der Waals surface area contributed by atoms with Gasteiger partial charge in [0.1, 0.15) is 0 Å². The van der Waals surface area contributed by atoms with Crippen LogP contribution in [0.3, 0.4) is 0 Å². The van der Waals surface area contributed by atoms with Crippen molar-refractivity contribution in [2.75, 3.05) is 6.54 Å². The van der Waals surface area contributed by atoms with E-state index < -0.39 is 0 Å². The smallest absolute Gasteiger partial charge is 0.0348 e. The van der Waals surface area contributed by atoms with Crippen molar-refractivity contribution in [3.8, 4) is 0 Å². The highest BCUT2D eigenvalue weighted by molar-refractivity contribution is 9.10. The van der Waals surface area contributed by atoms with Crippen LogP contribution < -0.4 is 5.73 Å². The van der Waals surface area contributed by atoms with Crippen LogP contribution in [0.15, 0.2) is 28.7 Å². The summed E-state index contributed by atoms with van der Waals surface area (Å²) < 4.78 is 1.15. The summed E-state index contributed by atoms with van der Waals surface area (Å²) >= 11 is 3.50. The summed E-state index contributed by atoms with van der Waals surface area (Å²) in [5, 5.41) is 0. The van der Waals surface area contributed by atoms with Gasteiger partial charge in [-0.2, -0.15) is 0 Å². The molecule has 2 nitrogen and oxygen atoms in total. The van der Waals surface area contributed by atoms with Gasteiger partial charge in [0, 0.05) is 29.1 Å². The summed E-state index contributed by atoms with van der Waals surface area (Å²) in [6.45, 7) is 5.70. The Labute approximate surface area is 119 Å². The number of rotatable bonds is 3. The van der Waals surface area contributed by atoms with Gasteiger partial charge < -0.3 is 5.73 Å². The van der Waals surface area contributed by atoms with E-state index in [-0.39, 0.29) is 0 Å². The van der Waals surface area contributed by atoms with Crippen molar-refractivity contribution in [2.45, 2.75) is 51.2 Å². The maximum absolute atomic E-state index is 6.05. The Morgan fingerprint density at radius 1 is 1.39 bits per heavy atom. The molecule has 3 unspecified atom stereocenters. The second-order valence-electron chi connectivity index (χ2n) is 5.35. The normalized spacial score (nSPS) is 27.1. The van der Waals surface area contributed by atoms with E-state index in [4.69, 9.17) is 5.73 Å². The lowest BCUT2D eigenvalue weighted by Gasteiger charge is -2.41. The van der Waals surface area contributed by atoms with Gasteiger partial charge in [-0.25, -0.2) is 0 Å². The molecule has 0 saturated carbocycles. The van der Waals surface area contributed by atoms with Crippen molar-refractivity contribution in [3.63, 3.8) is 0 Å². The van der Waals surface area contributed by atoms with Gasteiger partial charge in [0.15, 0.2) is 0 Å². The Morgan fingerprint density at radius 2 is 2.06 bits per heavy atom. The van der Waals surface area contributed by atoms with Crippen LogP contribution in [-0.2, 0) is 0 Å². The van der Waals surface area contributed by atoms with E-state index >= 15 is 0 Å². The second kappa shape index (κ2) is 6.18. The number of halogens is 1. The quantitative estimate of drug-likeness (QED) is 0.922. The molecule has 0 spiro atoms. The highest BCUT2D eigenvalue weighted by Crippen LogP contribution is 2.31. The monoisotopic (exact) mass is 310 g/mol. The molecule has 0 bridgehead atoms. The Bertz CT molecular complexity index is 377. The van der Waals surface area contributed by atoms with Crippen LogP contribution in [0.5, 0.6) is 0 Å². The SMILES string of the molecule is CCC(c1ccc(Br)cc1)N1CCC(N)CC1C. The first-order chi connectivity index (χ1) is 8.61. The van der Waals surface area contributed by atoms with Crippen LogP contribution in [0.4, 0.5) is 0 Å². The van der Waals surface area contributed by atoms with Crippen LogP contribution in [0, 0.1) is 0 Å². The van der Waals surface area contributed by atoms with Gasteiger partial charge in [0.05, 0.1) is 0 Å². The Kier molecular flexibility index (Phi) is 4.82. The molecule has 2 N–H and O–H groups in total. The fourth-order valence-electron chi connectivity index (χ4n) is 3.04. The molecule has 0 amide bonds. The molecule has 0 radical (unpaired) electrons. The van der Waals surface area contributed by atoms with Crippen LogP contribution >= 0.6 is 15.9 Å². The third-order valence-electron chi connectivity index (χ3n) is 4.01. The molecule has 1 aromatic rings. The molecule has 1 aromatic carbocycles. The zero-order chi connectivity index (χ0) is 13.1. The zero-order valence-electron chi connectivity index (χ0n) is 11.3. The summed E-state index contributed by atoms with van der Waals surface area (Å²) in [6.07, 6.45) is 3.39. The zero-order valence-corrected chi connectivity index (χ0v) is 12.9. The van der Waals surface area contributed by atoms with Gasteiger partial charge in [-0.05, 0) is 43.9 Å². The first-order valence-electron chi connectivity index (χ1n) is 6.88. The number of benzene rings is 1. The summed E-state index contributed by atoms with van der Waals surface area (Å²) in [4.78, 5) is 2.62. The van der Waals surface area contributed by atoms with E-state index in [1.165, 1.54) is 5.56 Å². The minimum atomic E-state index is 0.388. The molecule has 1 aliphatic heterocycles. The summed E-state index contributed by atoms with van der Waals surface area (Å²) in [5.74, 6) is 0. The first kappa shape index (κ1) is 14.0. The summed E-state index contributed by atoms with van der Waals surface area (Å²) in [7, 11) is 0. The third-order valence-corrected chi connectivity index (χ3v) is 4.54. The summed E-state index contributed by atoms with van der Waals surface area (Å²) in [6, 6.07) is 10.2. The lowest BCUT2D eigenvalue weighted by molar-refractivity contribution is 0.0928. The van der Waals surface area contributed by atoms with Gasteiger partial charge in [-0.15, -0.1) is 0 Å². The van der Waals surface area contributed by atoms with Gasteiger partial charge in [0.2, 0.25) is 0 Å². The van der Waals surface area contributed by atoms with Crippen molar-refractivity contribution < 1.29 is 0 Å². The number of hydrogen-bond acceptors (Lipinski definition) is 2.